The van der Waals surface area contributed by atoms with Gasteiger partial charge >= 0.3 is 0 Å². The Morgan fingerprint density at radius 2 is 2.35 bits per heavy atom. The fourth-order valence-corrected chi connectivity index (χ4v) is 2.41. The van der Waals surface area contributed by atoms with Gasteiger partial charge in [-0.3, -0.25) is 4.90 Å². The predicted octanol–water partition coefficient (Wildman–Crippen LogP) is 1.80. The number of hydrogen-bond acceptors (Lipinski definition) is 3. The zero-order chi connectivity index (χ0) is 12.1. The van der Waals surface area contributed by atoms with E-state index in [-0.39, 0.29) is 0 Å². The molecule has 0 aromatic carbocycles. The van der Waals surface area contributed by atoms with E-state index in [9.17, 15) is 0 Å². The van der Waals surface area contributed by atoms with E-state index in [0.29, 0.717) is 6.04 Å². The Morgan fingerprint density at radius 1 is 1.53 bits per heavy atom. The lowest BCUT2D eigenvalue weighted by atomic mass is 10.1. The van der Waals surface area contributed by atoms with Crippen LogP contribution in [0, 0.1) is 0 Å². The van der Waals surface area contributed by atoms with Crippen LogP contribution in [-0.2, 0) is 4.74 Å². The van der Waals surface area contributed by atoms with Crippen LogP contribution in [0.5, 0.6) is 0 Å². The largest absolute Gasteiger partial charge is 0.380 e. The maximum atomic E-state index is 5.18. The summed E-state index contributed by atoms with van der Waals surface area (Å²) in [6.07, 6.45) is 7.57. The van der Waals surface area contributed by atoms with E-state index in [2.05, 4.69) is 23.2 Å². The third kappa shape index (κ3) is 4.41. The van der Waals surface area contributed by atoms with Crippen LogP contribution < -0.4 is 5.32 Å². The lowest BCUT2D eigenvalue weighted by molar-refractivity contribution is 0.190. The highest BCUT2D eigenvalue weighted by Gasteiger charge is 2.21. The second kappa shape index (κ2) is 6.53. The third-order valence-corrected chi connectivity index (χ3v) is 3.86. The van der Waals surface area contributed by atoms with Crippen LogP contribution in [0.1, 0.15) is 32.6 Å². The number of nitrogens with zero attached hydrogens (tertiary/aromatic N) is 1. The molecule has 0 aromatic heterocycles. The molecular weight excluding hydrogens is 212 g/mol. The Labute approximate surface area is 105 Å². The van der Waals surface area contributed by atoms with E-state index in [4.69, 9.17) is 4.74 Å². The minimum Gasteiger partial charge on any atom is -0.380 e. The topological polar surface area (TPSA) is 24.5 Å². The van der Waals surface area contributed by atoms with Gasteiger partial charge in [0.1, 0.15) is 0 Å². The average Bonchev–Trinajstić information content (AvgIpc) is 3.14. The van der Waals surface area contributed by atoms with Gasteiger partial charge in [-0.05, 0) is 44.7 Å². The highest BCUT2D eigenvalue weighted by Crippen LogP contribution is 2.19. The molecule has 1 unspecified atom stereocenters. The van der Waals surface area contributed by atoms with Crippen LogP contribution in [0.3, 0.4) is 0 Å². The smallest absolute Gasteiger partial charge is 0.0673 e. The Morgan fingerprint density at radius 3 is 2.94 bits per heavy atom. The van der Waals surface area contributed by atoms with Crippen molar-refractivity contribution < 1.29 is 4.74 Å². The van der Waals surface area contributed by atoms with Crippen LogP contribution in [-0.4, -0.2) is 50.3 Å². The molecule has 2 rings (SSSR count). The van der Waals surface area contributed by atoms with Gasteiger partial charge in [0.05, 0.1) is 6.61 Å². The first-order chi connectivity index (χ1) is 8.29. The second-order valence-electron chi connectivity index (χ2n) is 5.41. The molecule has 2 aliphatic rings. The minimum atomic E-state index is 0.696. The number of rotatable bonds is 7. The molecule has 1 heterocycles. The fourth-order valence-electron chi connectivity index (χ4n) is 2.41. The summed E-state index contributed by atoms with van der Waals surface area (Å²) in [4.78, 5) is 2.58. The van der Waals surface area contributed by atoms with Gasteiger partial charge in [0, 0.05) is 32.3 Å². The van der Waals surface area contributed by atoms with Crippen molar-refractivity contribution in [2.45, 2.75) is 44.7 Å². The van der Waals surface area contributed by atoms with Gasteiger partial charge < -0.3 is 10.1 Å². The van der Waals surface area contributed by atoms with E-state index < -0.39 is 0 Å². The summed E-state index contributed by atoms with van der Waals surface area (Å²) in [5.74, 6) is 0. The summed E-state index contributed by atoms with van der Waals surface area (Å²) in [7, 11) is 1.78. The maximum Gasteiger partial charge on any atom is 0.0673 e. The summed E-state index contributed by atoms with van der Waals surface area (Å²) in [5.41, 5.74) is 1.46. The van der Waals surface area contributed by atoms with Gasteiger partial charge in [0.15, 0.2) is 0 Å². The Hall–Kier alpha value is -0.380. The van der Waals surface area contributed by atoms with Gasteiger partial charge in [0.2, 0.25) is 0 Å². The highest BCUT2D eigenvalue weighted by atomic mass is 16.5. The van der Waals surface area contributed by atoms with Crippen molar-refractivity contribution in [2.75, 3.05) is 33.4 Å². The van der Waals surface area contributed by atoms with Crippen LogP contribution in [0.4, 0.5) is 0 Å². The van der Waals surface area contributed by atoms with E-state index in [1.165, 1.54) is 44.3 Å². The molecule has 1 fully saturated rings. The molecule has 1 saturated carbocycles. The summed E-state index contributed by atoms with van der Waals surface area (Å²) >= 11 is 0. The van der Waals surface area contributed by atoms with Crippen LogP contribution in [0.15, 0.2) is 11.6 Å². The number of methoxy groups -OCH3 is 1. The third-order valence-electron chi connectivity index (χ3n) is 3.86. The molecule has 0 spiro atoms. The molecule has 0 bridgehead atoms. The molecule has 0 aromatic rings. The van der Waals surface area contributed by atoms with Crippen molar-refractivity contribution in [3.63, 3.8) is 0 Å². The van der Waals surface area contributed by atoms with Crippen molar-refractivity contribution >= 4 is 0 Å². The number of hydrogen-bond donors (Lipinski definition) is 1. The predicted molar refractivity (Wildman–Crippen MR) is 71.3 cm³/mol. The van der Waals surface area contributed by atoms with E-state index >= 15 is 0 Å². The molecule has 0 amide bonds. The SMILES string of the molecule is COCC1=CCN(C(C)CCNC2CC2)CC1. The number of ether oxygens (including phenoxy) is 1. The molecule has 1 aliphatic carbocycles. The Kier molecular flexibility index (Phi) is 5.01. The molecule has 1 N–H and O–H groups in total. The molecule has 1 atom stereocenters. The molecule has 1 aliphatic heterocycles. The Bertz CT molecular complexity index is 261. The molecular formula is C14H26N2O. The first-order valence-corrected chi connectivity index (χ1v) is 6.94. The number of nitrogens with one attached hydrogen (secondary N) is 1. The lowest BCUT2D eigenvalue weighted by Crippen LogP contribution is -2.38. The summed E-state index contributed by atoms with van der Waals surface area (Å²) in [5, 5.41) is 3.59. The summed E-state index contributed by atoms with van der Waals surface area (Å²) < 4.78 is 5.18. The first kappa shape index (κ1) is 13.1. The maximum absolute atomic E-state index is 5.18. The average molecular weight is 238 g/mol. The van der Waals surface area contributed by atoms with Crippen molar-refractivity contribution in [3.05, 3.63) is 11.6 Å². The molecule has 0 saturated heterocycles. The van der Waals surface area contributed by atoms with Crippen LogP contribution in [0.25, 0.3) is 0 Å². The summed E-state index contributed by atoms with van der Waals surface area (Å²) in [6.45, 7) is 6.63. The van der Waals surface area contributed by atoms with Crippen molar-refractivity contribution in [2.24, 2.45) is 0 Å². The monoisotopic (exact) mass is 238 g/mol. The first-order valence-electron chi connectivity index (χ1n) is 6.94. The quantitative estimate of drug-likeness (QED) is 0.684. The molecule has 98 valence electrons. The standard InChI is InChI=1S/C14H26N2O/c1-12(5-8-15-14-3-4-14)16-9-6-13(7-10-16)11-17-2/h6,12,14-15H,3-5,7-11H2,1-2H3. The molecule has 3 heteroatoms. The summed E-state index contributed by atoms with van der Waals surface area (Å²) in [6, 6.07) is 1.54. The van der Waals surface area contributed by atoms with Gasteiger partial charge in [-0.15, -0.1) is 0 Å². The zero-order valence-corrected chi connectivity index (χ0v) is 11.2. The van der Waals surface area contributed by atoms with Gasteiger partial charge in [-0.1, -0.05) is 6.08 Å². The van der Waals surface area contributed by atoms with Crippen LogP contribution >= 0.6 is 0 Å². The van der Waals surface area contributed by atoms with Crippen molar-refractivity contribution in [1.82, 2.24) is 10.2 Å². The normalized spacial score (nSPS) is 23.5. The second-order valence-corrected chi connectivity index (χ2v) is 5.41. The lowest BCUT2D eigenvalue weighted by Gasteiger charge is -2.31. The molecule has 3 nitrogen and oxygen atoms in total. The van der Waals surface area contributed by atoms with Crippen LogP contribution in [0.2, 0.25) is 0 Å². The van der Waals surface area contributed by atoms with E-state index in [1.54, 1.807) is 7.11 Å². The van der Waals surface area contributed by atoms with Gasteiger partial charge in [-0.25, -0.2) is 0 Å². The molecule has 17 heavy (non-hydrogen) atoms. The highest BCUT2D eigenvalue weighted by molar-refractivity contribution is 5.08. The van der Waals surface area contributed by atoms with Crippen molar-refractivity contribution in [3.8, 4) is 0 Å². The van der Waals surface area contributed by atoms with Gasteiger partial charge in [0.25, 0.3) is 0 Å². The van der Waals surface area contributed by atoms with E-state index in [0.717, 1.165) is 19.2 Å². The van der Waals surface area contributed by atoms with E-state index in [1.807, 2.05) is 0 Å². The Balaban J connectivity index is 1.64. The van der Waals surface area contributed by atoms with Gasteiger partial charge in [-0.2, -0.15) is 0 Å². The zero-order valence-electron chi connectivity index (χ0n) is 11.2. The minimum absolute atomic E-state index is 0.696. The van der Waals surface area contributed by atoms with Crippen molar-refractivity contribution in [1.29, 1.82) is 0 Å². The fraction of sp³-hybridized carbons (Fsp3) is 0.857. The molecule has 0 radical (unpaired) electrons.